The highest BCUT2D eigenvalue weighted by molar-refractivity contribution is 8.13. The minimum Gasteiger partial charge on any atom is -0.286 e. The molecule has 0 amide bonds. The standard InChI is InChI=1S/C18H14OS/c19-18(20-17-8-2-1-3-9-17)13-14-10-11-15-6-4-5-7-16(15)12-14/h1-12H,13H2. The van der Waals surface area contributed by atoms with E-state index in [1.807, 2.05) is 48.5 Å². The van der Waals surface area contributed by atoms with Crippen molar-refractivity contribution in [2.45, 2.75) is 11.3 Å². The van der Waals surface area contributed by atoms with Crippen LogP contribution in [0.3, 0.4) is 0 Å². The highest BCUT2D eigenvalue weighted by atomic mass is 32.2. The zero-order chi connectivity index (χ0) is 13.8. The smallest absolute Gasteiger partial charge is 0.198 e. The summed E-state index contributed by atoms with van der Waals surface area (Å²) >= 11 is 1.30. The minimum absolute atomic E-state index is 0.173. The van der Waals surface area contributed by atoms with Crippen LogP contribution in [0.1, 0.15) is 5.56 Å². The molecule has 3 aromatic carbocycles. The minimum atomic E-state index is 0.173. The van der Waals surface area contributed by atoms with Crippen molar-refractivity contribution in [1.82, 2.24) is 0 Å². The Morgan fingerprint density at radius 1 is 0.800 bits per heavy atom. The monoisotopic (exact) mass is 278 g/mol. The van der Waals surface area contributed by atoms with E-state index in [0.29, 0.717) is 6.42 Å². The van der Waals surface area contributed by atoms with Crippen molar-refractivity contribution in [1.29, 1.82) is 0 Å². The molecule has 0 aliphatic rings. The quantitative estimate of drug-likeness (QED) is 0.646. The molecule has 0 N–H and O–H groups in total. The number of carbonyl (C=O) groups is 1. The van der Waals surface area contributed by atoms with Gasteiger partial charge in [-0.1, -0.05) is 72.4 Å². The Hall–Kier alpha value is -2.06. The zero-order valence-electron chi connectivity index (χ0n) is 11.0. The lowest BCUT2D eigenvalue weighted by atomic mass is 10.1. The first-order chi connectivity index (χ1) is 9.81. The second-order valence-electron chi connectivity index (χ2n) is 4.65. The summed E-state index contributed by atoms with van der Waals surface area (Å²) in [4.78, 5) is 13.1. The molecule has 0 radical (unpaired) electrons. The molecule has 3 aromatic rings. The van der Waals surface area contributed by atoms with Gasteiger partial charge in [0, 0.05) is 11.3 Å². The fourth-order valence-electron chi connectivity index (χ4n) is 2.17. The van der Waals surface area contributed by atoms with Crippen molar-refractivity contribution >= 4 is 27.6 Å². The van der Waals surface area contributed by atoms with E-state index in [0.717, 1.165) is 10.5 Å². The third-order valence-corrected chi connectivity index (χ3v) is 4.02. The Bertz CT molecular complexity index is 735. The van der Waals surface area contributed by atoms with Crippen molar-refractivity contribution in [3.63, 3.8) is 0 Å². The number of thioether (sulfide) groups is 1. The van der Waals surface area contributed by atoms with Gasteiger partial charge < -0.3 is 0 Å². The van der Waals surface area contributed by atoms with Crippen LogP contribution in [-0.2, 0) is 11.2 Å². The summed E-state index contributed by atoms with van der Waals surface area (Å²) in [6.45, 7) is 0. The van der Waals surface area contributed by atoms with Crippen LogP contribution in [0.2, 0.25) is 0 Å². The average molecular weight is 278 g/mol. The SMILES string of the molecule is O=C(Cc1ccc2ccccc2c1)Sc1ccccc1. The summed E-state index contributed by atoms with van der Waals surface area (Å²) in [5.74, 6) is 0. The molecule has 0 fully saturated rings. The largest absolute Gasteiger partial charge is 0.286 e. The van der Waals surface area contributed by atoms with Gasteiger partial charge in [0.25, 0.3) is 0 Å². The molecule has 0 saturated carbocycles. The molecule has 0 bridgehead atoms. The molecular weight excluding hydrogens is 264 g/mol. The highest BCUT2D eigenvalue weighted by Gasteiger charge is 2.06. The van der Waals surface area contributed by atoms with Crippen LogP contribution in [0, 0.1) is 0 Å². The molecule has 0 atom stereocenters. The molecule has 0 aromatic heterocycles. The van der Waals surface area contributed by atoms with Crippen molar-refractivity contribution in [3.8, 4) is 0 Å². The first kappa shape index (κ1) is 12.9. The lowest BCUT2D eigenvalue weighted by molar-refractivity contribution is -0.110. The van der Waals surface area contributed by atoms with Gasteiger partial charge in [-0.25, -0.2) is 0 Å². The van der Waals surface area contributed by atoms with Crippen LogP contribution >= 0.6 is 11.8 Å². The summed E-state index contributed by atoms with van der Waals surface area (Å²) in [6.07, 6.45) is 0.463. The first-order valence-corrected chi connectivity index (χ1v) is 7.36. The summed E-state index contributed by atoms with van der Waals surface area (Å²) in [5.41, 5.74) is 1.07. The number of fused-ring (bicyclic) bond motifs is 1. The second-order valence-corrected chi connectivity index (χ2v) is 5.78. The fourth-order valence-corrected chi connectivity index (χ4v) is 2.97. The van der Waals surface area contributed by atoms with Crippen molar-refractivity contribution in [3.05, 3.63) is 78.4 Å². The molecule has 0 saturated heterocycles. The Morgan fingerprint density at radius 3 is 2.30 bits per heavy atom. The van der Waals surface area contributed by atoms with Gasteiger partial charge in [-0.05, 0) is 28.5 Å². The molecule has 20 heavy (non-hydrogen) atoms. The van der Waals surface area contributed by atoms with Gasteiger partial charge in [0.05, 0.1) is 0 Å². The normalized spacial score (nSPS) is 10.6. The van der Waals surface area contributed by atoms with E-state index in [4.69, 9.17) is 0 Å². The highest BCUT2D eigenvalue weighted by Crippen LogP contribution is 2.22. The molecule has 0 aliphatic heterocycles. The van der Waals surface area contributed by atoms with Crippen molar-refractivity contribution in [2.75, 3.05) is 0 Å². The number of hydrogen-bond acceptors (Lipinski definition) is 2. The first-order valence-electron chi connectivity index (χ1n) is 6.55. The summed E-state index contributed by atoms with van der Waals surface area (Å²) < 4.78 is 0. The Kier molecular flexibility index (Phi) is 3.84. The maximum absolute atomic E-state index is 12.1. The van der Waals surface area contributed by atoms with E-state index in [1.54, 1.807) is 0 Å². The van der Waals surface area contributed by atoms with E-state index in [1.165, 1.54) is 22.5 Å². The molecule has 98 valence electrons. The van der Waals surface area contributed by atoms with Gasteiger partial charge in [0.1, 0.15) is 0 Å². The molecular formula is C18H14OS. The molecule has 0 aliphatic carbocycles. The van der Waals surface area contributed by atoms with Crippen molar-refractivity contribution in [2.24, 2.45) is 0 Å². The predicted molar refractivity (Wildman–Crippen MR) is 85.0 cm³/mol. The van der Waals surface area contributed by atoms with E-state index >= 15 is 0 Å². The summed E-state index contributed by atoms with van der Waals surface area (Å²) in [7, 11) is 0. The lowest BCUT2D eigenvalue weighted by Crippen LogP contribution is -1.97. The van der Waals surface area contributed by atoms with Crippen LogP contribution in [0.4, 0.5) is 0 Å². The molecule has 3 rings (SSSR count). The average Bonchev–Trinajstić information content (AvgIpc) is 2.48. The number of rotatable bonds is 3. The van der Waals surface area contributed by atoms with Crippen LogP contribution in [0.25, 0.3) is 10.8 Å². The lowest BCUT2D eigenvalue weighted by Gasteiger charge is -2.03. The van der Waals surface area contributed by atoms with Gasteiger partial charge in [-0.3, -0.25) is 4.79 Å². The number of hydrogen-bond donors (Lipinski definition) is 0. The number of benzene rings is 3. The van der Waals surface area contributed by atoms with Crippen LogP contribution < -0.4 is 0 Å². The Labute approximate surface area is 122 Å². The molecule has 0 unspecified atom stereocenters. The van der Waals surface area contributed by atoms with Crippen LogP contribution in [-0.4, -0.2) is 5.12 Å². The molecule has 1 nitrogen and oxygen atoms in total. The number of carbonyl (C=O) groups excluding carboxylic acids is 1. The topological polar surface area (TPSA) is 17.1 Å². The van der Waals surface area contributed by atoms with E-state index in [-0.39, 0.29) is 5.12 Å². The van der Waals surface area contributed by atoms with Crippen LogP contribution in [0.15, 0.2) is 77.7 Å². The molecule has 0 heterocycles. The molecule has 2 heteroatoms. The third kappa shape index (κ3) is 3.09. The summed E-state index contributed by atoms with van der Waals surface area (Å²) in [6, 6.07) is 24.2. The molecule has 0 spiro atoms. The van der Waals surface area contributed by atoms with Crippen molar-refractivity contribution < 1.29 is 4.79 Å². The van der Waals surface area contributed by atoms with Gasteiger partial charge in [0.2, 0.25) is 0 Å². The van der Waals surface area contributed by atoms with E-state index < -0.39 is 0 Å². The third-order valence-electron chi connectivity index (χ3n) is 3.14. The fraction of sp³-hybridized carbons (Fsp3) is 0.0556. The zero-order valence-corrected chi connectivity index (χ0v) is 11.8. The summed E-state index contributed by atoms with van der Waals surface area (Å²) in [5, 5.41) is 2.56. The Balaban J connectivity index is 1.74. The maximum Gasteiger partial charge on any atom is 0.198 e. The van der Waals surface area contributed by atoms with Gasteiger partial charge >= 0.3 is 0 Å². The Morgan fingerprint density at radius 2 is 1.50 bits per heavy atom. The van der Waals surface area contributed by atoms with E-state index in [9.17, 15) is 4.79 Å². The van der Waals surface area contributed by atoms with Crippen LogP contribution in [0.5, 0.6) is 0 Å². The van der Waals surface area contributed by atoms with E-state index in [2.05, 4.69) is 24.3 Å². The van der Waals surface area contributed by atoms with Gasteiger partial charge in [0.15, 0.2) is 5.12 Å². The predicted octanol–water partition coefficient (Wildman–Crippen LogP) is 4.70. The second kappa shape index (κ2) is 5.93. The maximum atomic E-state index is 12.1. The van der Waals surface area contributed by atoms with Gasteiger partial charge in [-0.15, -0.1) is 0 Å². The van der Waals surface area contributed by atoms with Gasteiger partial charge in [-0.2, -0.15) is 0 Å².